The lowest BCUT2D eigenvalue weighted by Crippen LogP contribution is -2.33. The predicted molar refractivity (Wildman–Crippen MR) is 63.4 cm³/mol. The number of rotatable bonds is 3. The highest BCUT2D eigenvalue weighted by molar-refractivity contribution is 5.77. The smallest absolute Gasteiger partial charge is 0.219 e. The minimum Gasteiger partial charge on any atom is -0.399 e. The van der Waals surface area contributed by atoms with E-state index in [1.54, 1.807) is 11.6 Å². The van der Waals surface area contributed by atoms with Crippen LogP contribution in [0.4, 0.5) is 0 Å². The van der Waals surface area contributed by atoms with E-state index < -0.39 is 0 Å². The van der Waals surface area contributed by atoms with Gasteiger partial charge in [0.05, 0.1) is 0 Å². The first-order chi connectivity index (χ1) is 7.63. The molecule has 0 bridgehead atoms. The zero-order chi connectivity index (χ0) is 12.0. The second-order valence-electron chi connectivity index (χ2n) is 3.73. The number of allylic oxidation sites excluding steroid dienone is 1. The van der Waals surface area contributed by atoms with Crippen molar-refractivity contribution in [3.05, 3.63) is 24.2 Å². The highest BCUT2D eigenvalue weighted by Crippen LogP contribution is 2.16. The third kappa shape index (κ3) is 3.82. The lowest BCUT2D eigenvalue weighted by molar-refractivity contribution is 0.231. The number of guanidine groups is 1. The molecule has 1 heterocycles. The van der Waals surface area contributed by atoms with Gasteiger partial charge < -0.3 is 16.4 Å². The van der Waals surface area contributed by atoms with Crippen LogP contribution in [0, 0.1) is 0 Å². The molecule has 6 nitrogen and oxygen atoms in total. The van der Waals surface area contributed by atoms with Crippen molar-refractivity contribution in [1.82, 2.24) is 10.4 Å². The van der Waals surface area contributed by atoms with E-state index in [-0.39, 0.29) is 5.96 Å². The number of nitrogens with two attached hydrogens (primary N) is 2. The maximum Gasteiger partial charge on any atom is 0.219 e. The largest absolute Gasteiger partial charge is 0.399 e. The third-order valence-corrected chi connectivity index (χ3v) is 2.34. The van der Waals surface area contributed by atoms with E-state index in [4.69, 9.17) is 16.7 Å². The van der Waals surface area contributed by atoms with Crippen LogP contribution in [0.1, 0.15) is 19.3 Å². The summed E-state index contributed by atoms with van der Waals surface area (Å²) in [7, 11) is 0. The SMILES string of the molecule is C=C(N)/C=C(\N=C(N)NO)N1CCCCC1. The summed E-state index contributed by atoms with van der Waals surface area (Å²) in [4.78, 5) is 6.11. The summed E-state index contributed by atoms with van der Waals surface area (Å²) in [5, 5.41) is 8.61. The Balaban J connectivity index is 2.82. The number of likely N-dealkylation sites (tertiary alicyclic amines) is 1. The lowest BCUT2D eigenvalue weighted by Gasteiger charge is -2.28. The van der Waals surface area contributed by atoms with Gasteiger partial charge in [-0.15, -0.1) is 0 Å². The Kier molecular flexibility index (Phi) is 4.65. The Hall–Kier alpha value is -1.69. The number of hydrogen-bond acceptors (Lipinski definition) is 4. The van der Waals surface area contributed by atoms with Crippen LogP contribution in [0.3, 0.4) is 0 Å². The van der Waals surface area contributed by atoms with E-state index in [1.165, 1.54) is 6.42 Å². The molecule has 0 spiro atoms. The molecule has 0 aliphatic carbocycles. The van der Waals surface area contributed by atoms with Crippen molar-refractivity contribution in [1.29, 1.82) is 0 Å². The summed E-state index contributed by atoms with van der Waals surface area (Å²) in [6.07, 6.45) is 5.12. The van der Waals surface area contributed by atoms with Crippen molar-refractivity contribution in [2.45, 2.75) is 19.3 Å². The highest BCUT2D eigenvalue weighted by atomic mass is 16.5. The number of nitrogens with one attached hydrogen (secondary N) is 1. The first kappa shape index (κ1) is 12.4. The van der Waals surface area contributed by atoms with Crippen molar-refractivity contribution in [2.75, 3.05) is 13.1 Å². The van der Waals surface area contributed by atoms with Crippen LogP contribution < -0.4 is 16.9 Å². The molecule has 1 saturated heterocycles. The highest BCUT2D eigenvalue weighted by Gasteiger charge is 2.13. The minimum atomic E-state index is -0.0573. The standard InChI is InChI=1S/C10H19N5O/c1-8(11)7-9(13-10(12)14-16)15-5-3-2-4-6-15/h7,16H,1-6,11H2,(H3,12,13,14)/b9-7+. The molecule has 0 radical (unpaired) electrons. The minimum absolute atomic E-state index is 0.0573. The number of hydroxylamine groups is 1. The van der Waals surface area contributed by atoms with Crippen LogP contribution in [-0.2, 0) is 0 Å². The Morgan fingerprint density at radius 2 is 1.94 bits per heavy atom. The summed E-state index contributed by atoms with van der Waals surface area (Å²) in [6, 6.07) is 0. The van der Waals surface area contributed by atoms with Gasteiger partial charge in [0.15, 0.2) is 0 Å². The average Bonchev–Trinajstić information content (AvgIpc) is 2.28. The number of hydrogen-bond donors (Lipinski definition) is 4. The van der Waals surface area contributed by atoms with Gasteiger partial charge in [0.25, 0.3) is 0 Å². The van der Waals surface area contributed by atoms with E-state index >= 15 is 0 Å². The van der Waals surface area contributed by atoms with Gasteiger partial charge in [-0.05, 0) is 19.3 Å². The van der Waals surface area contributed by atoms with Crippen LogP contribution in [0.5, 0.6) is 0 Å². The van der Waals surface area contributed by atoms with Crippen molar-refractivity contribution < 1.29 is 5.21 Å². The molecule has 1 fully saturated rings. The van der Waals surface area contributed by atoms with Crippen molar-refractivity contribution in [3.63, 3.8) is 0 Å². The van der Waals surface area contributed by atoms with Crippen LogP contribution in [-0.4, -0.2) is 29.2 Å². The van der Waals surface area contributed by atoms with Crippen molar-refractivity contribution in [2.24, 2.45) is 16.5 Å². The average molecular weight is 225 g/mol. The maximum atomic E-state index is 8.61. The van der Waals surface area contributed by atoms with E-state index in [0.29, 0.717) is 11.5 Å². The summed E-state index contributed by atoms with van der Waals surface area (Å²) in [6.45, 7) is 5.44. The van der Waals surface area contributed by atoms with Crippen LogP contribution in [0.15, 0.2) is 29.2 Å². The fraction of sp³-hybridized carbons (Fsp3) is 0.500. The molecule has 0 saturated carbocycles. The fourth-order valence-electron chi connectivity index (χ4n) is 1.63. The maximum absolute atomic E-state index is 8.61. The third-order valence-electron chi connectivity index (χ3n) is 2.34. The second kappa shape index (κ2) is 6.02. The Bertz CT molecular complexity index is 304. The van der Waals surface area contributed by atoms with Crippen molar-refractivity contribution >= 4 is 5.96 Å². The van der Waals surface area contributed by atoms with E-state index in [2.05, 4.69) is 16.5 Å². The van der Waals surface area contributed by atoms with Gasteiger partial charge in [0.2, 0.25) is 5.96 Å². The number of nitrogens with zero attached hydrogens (tertiary/aromatic N) is 2. The molecule has 16 heavy (non-hydrogen) atoms. The summed E-state index contributed by atoms with van der Waals surface area (Å²) >= 11 is 0. The van der Waals surface area contributed by atoms with Crippen LogP contribution in [0.25, 0.3) is 0 Å². The quantitative estimate of drug-likeness (QED) is 0.236. The molecule has 6 heteroatoms. The molecule has 6 N–H and O–H groups in total. The van der Waals surface area contributed by atoms with E-state index in [0.717, 1.165) is 25.9 Å². The summed E-state index contributed by atoms with van der Waals surface area (Å²) < 4.78 is 0. The molecule has 1 aliphatic heterocycles. The van der Waals surface area contributed by atoms with Gasteiger partial charge in [-0.3, -0.25) is 5.21 Å². The Morgan fingerprint density at radius 1 is 1.31 bits per heavy atom. The van der Waals surface area contributed by atoms with Gasteiger partial charge in [0.1, 0.15) is 5.82 Å². The van der Waals surface area contributed by atoms with Crippen LogP contribution in [0.2, 0.25) is 0 Å². The predicted octanol–water partition coefficient (Wildman–Crippen LogP) is 0.0796. The number of piperidine rings is 1. The van der Waals surface area contributed by atoms with Gasteiger partial charge in [-0.2, -0.15) is 4.99 Å². The first-order valence-corrected chi connectivity index (χ1v) is 5.29. The Morgan fingerprint density at radius 3 is 2.44 bits per heavy atom. The van der Waals surface area contributed by atoms with Crippen LogP contribution >= 0.6 is 0 Å². The lowest BCUT2D eigenvalue weighted by atomic mass is 10.1. The zero-order valence-corrected chi connectivity index (χ0v) is 9.32. The van der Waals surface area contributed by atoms with Gasteiger partial charge in [-0.25, -0.2) is 5.48 Å². The molecule has 0 atom stereocenters. The zero-order valence-electron chi connectivity index (χ0n) is 9.32. The molecule has 0 aromatic heterocycles. The summed E-state index contributed by atoms with van der Waals surface area (Å²) in [5.41, 5.74) is 13.1. The molecule has 90 valence electrons. The molecule has 0 aromatic rings. The molecule has 1 aliphatic rings. The molecular formula is C10H19N5O. The van der Waals surface area contributed by atoms with Crippen molar-refractivity contribution in [3.8, 4) is 0 Å². The van der Waals surface area contributed by atoms with E-state index in [1.807, 2.05) is 0 Å². The topological polar surface area (TPSA) is 99.9 Å². The molecule has 0 amide bonds. The monoisotopic (exact) mass is 225 g/mol. The van der Waals surface area contributed by atoms with E-state index in [9.17, 15) is 0 Å². The molecule has 1 rings (SSSR count). The second-order valence-corrected chi connectivity index (χ2v) is 3.73. The Labute approximate surface area is 95.3 Å². The first-order valence-electron chi connectivity index (χ1n) is 5.29. The molecule has 0 unspecified atom stereocenters. The molecular weight excluding hydrogens is 206 g/mol. The molecule has 0 aromatic carbocycles. The number of aliphatic imine (C=N–C) groups is 1. The summed E-state index contributed by atoms with van der Waals surface area (Å²) in [5.74, 6) is 0.573. The van der Waals surface area contributed by atoms with Gasteiger partial charge in [-0.1, -0.05) is 6.58 Å². The van der Waals surface area contributed by atoms with Gasteiger partial charge >= 0.3 is 0 Å². The normalized spacial score (nSPS) is 18.4. The fourth-order valence-corrected chi connectivity index (χ4v) is 1.63. The van der Waals surface area contributed by atoms with Gasteiger partial charge in [0, 0.05) is 24.9 Å².